The Balaban J connectivity index is 1.32. The first-order chi connectivity index (χ1) is 24.2. The first-order valence-corrected chi connectivity index (χ1v) is 20.1. The molecule has 5 aromatic rings. The van der Waals surface area contributed by atoms with E-state index in [1.165, 1.54) is 5.56 Å². The van der Waals surface area contributed by atoms with E-state index in [2.05, 4.69) is 46.5 Å². The second kappa shape index (κ2) is 13.4. The Morgan fingerprint density at radius 3 is 2.70 bits per heavy atom. The molecule has 1 fully saturated rings. The summed E-state index contributed by atoms with van der Waals surface area (Å²) in [6.45, 7) is 6.16. The molecule has 13 heteroatoms. The summed E-state index contributed by atoms with van der Waals surface area (Å²) in [5, 5.41) is 13.6. The topological polar surface area (TPSA) is 136 Å². The highest BCUT2D eigenvalue weighted by Crippen LogP contribution is 2.51. The van der Waals surface area contributed by atoms with Gasteiger partial charge in [-0.15, -0.1) is 21.5 Å². The number of aryl methyl sites for hydroxylation is 2. The van der Waals surface area contributed by atoms with Gasteiger partial charge in [0, 0.05) is 47.7 Å². The van der Waals surface area contributed by atoms with Crippen LogP contribution in [0.1, 0.15) is 80.0 Å². The fourth-order valence-corrected chi connectivity index (χ4v) is 11.2. The monoisotopic (exact) mass is 713 g/mol. The van der Waals surface area contributed by atoms with Crippen molar-refractivity contribution in [3.8, 4) is 21.9 Å². The highest BCUT2D eigenvalue weighted by Gasteiger charge is 2.43. The summed E-state index contributed by atoms with van der Waals surface area (Å²) in [5.41, 5.74) is 5.05. The van der Waals surface area contributed by atoms with Gasteiger partial charge in [-0.2, -0.15) is 0 Å². The Labute approximate surface area is 296 Å². The number of anilines is 1. The quantitative estimate of drug-likeness (QED) is 0.163. The van der Waals surface area contributed by atoms with Gasteiger partial charge in [-0.25, -0.2) is 13.4 Å². The number of fused-ring (bicyclic) bond motifs is 3. The first kappa shape index (κ1) is 33.4. The number of nitrogens with one attached hydrogen (secondary N) is 1. The highest BCUT2D eigenvalue weighted by molar-refractivity contribution is 7.92. The van der Waals surface area contributed by atoms with Crippen LogP contribution >= 0.6 is 11.3 Å². The smallest absolute Gasteiger partial charge is 0.250 e. The molecule has 0 bridgehead atoms. The summed E-state index contributed by atoms with van der Waals surface area (Å²) in [6.07, 6.45) is 9.11. The fourth-order valence-electron chi connectivity index (χ4n) is 7.74. The van der Waals surface area contributed by atoms with Crippen molar-refractivity contribution in [1.82, 2.24) is 30.0 Å². The Hall–Kier alpha value is -3.78. The maximum Gasteiger partial charge on any atom is 0.250 e. The summed E-state index contributed by atoms with van der Waals surface area (Å²) < 4.78 is 41.5. The predicted molar refractivity (Wildman–Crippen MR) is 194 cm³/mol. The number of pyridine rings is 3. The van der Waals surface area contributed by atoms with Crippen LogP contribution in [0.4, 0.5) is 5.82 Å². The lowest BCUT2D eigenvalue weighted by atomic mass is 9.89. The van der Waals surface area contributed by atoms with E-state index in [1.807, 2.05) is 43.5 Å². The molecule has 8 rings (SSSR count). The van der Waals surface area contributed by atoms with E-state index in [-0.39, 0.29) is 23.6 Å². The second-order valence-electron chi connectivity index (χ2n) is 14.5. The molecule has 0 amide bonds. The van der Waals surface area contributed by atoms with E-state index < -0.39 is 9.84 Å². The molecule has 5 aromatic heterocycles. The lowest BCUT2D eigenvalue weighted by Crippen LogP contribution is -2.17. The highest BCUT2D eigenvalue weighted by atomic mass is 32.2. The van der Waals surface area contributed by atoms with Crippen LogP contribution in [0.5, 0.6) is 0 Å². The third-order valence-electron chi connectivity index (χ3n) is 10.3. The van der Waals surface area contributed by atoms with Gasteiger partial charge in [-0.3, -0.25) is 9.97 Å². The Kier molecular flexibility index (Phi) is 8.95. The van der Waals surface area contributed by atoms with Gasteiger partial charge in [0.05, 0.1) is 44.9 Å². The lowest BCUT2D eigenvalue weighted by Gasteiger charge is -2.23. The van der Waals surface area contributed by atoms with Crippen LogP contribution in [0.2, 0.25) is 0 Å². The molecule has 0 spiro atoms. The average Bonchev–Trinajstić information content (AvgIpc) is 3.89. The normalized spacial score (nSPS) is 20.2. The molecule has 2 atom stereocenters. The molecule has 3 aliphatic rings. The van der Waals surface area contributed by atoms with Gasteiger partial charge in [-0.1, -0.05) is 19.9 Å². The number of nitrogens with zero attached hydrogens (tertiary/aromatic N) is 6. The number of ether oxygens (including phenoxy) is 1. The maximum atomic E-state index is 14.3. The maximum absolute atomic E-state index is 14.3. The van der Waals surface area contributed by atoms with Crippen LogP contribution in [0.3, 0.4) is 0 Å². The van der Waals surface area contributed by atoms with E-state index >= 15 is 0 Å². The molecule has 0 saturated carbocycles. The van der Waals surface area contributed by atoms with Crippen LogP contribution in [0.25, 0.3) is 32.0 Å². The van der Waals surface area contributed by atoms with Crippen molar-refractivity contribution < 1.29 is 17.6 Å². The molecule has 11 nitrogen and oxygen atoms in total. The van der Waals surface area contributed by atoms with Crippen molar-refractivity contribution in [3.05, 3.63) is 65.2 Å². The number of thiophene rings is 1. The largest absolute Gasteiger partial charge is 0.419 e. The Morgan fingerprint density at radius 1 is 1.06 bits per heavy atom. The van der Waals surface area contributed by atoms with Gasteiger partial charge in [0.2, 0.25) is 11.8 Å². The summed E-state index contributed by atoms with van der Waals surface area (Å²) in [4.78, 5) is 17.7. The summed E-state index contributed by atoms with van der Waals surface area (Å²) in [7, 11) is 0.211. The predicted octanol–water partition coefficient (Wildman–Crippen LogP) is 6.85. The molecule has 1 aliphatic carbocycles. The third kappa shape index (κ3) is 6.22. The van der Waals surface area contributed by atoms with Crippen molar-refractivity contribution in [1.29, 1.82) is 0 Å². The minimum atomic E-state index is -3.68. The van der Waals surface area contributed by atoms with Gasteiger partial charge in [0.25, 0.3) is 0 Å². The zero-order chi connectivity index (χ0) is 34.6. The molecule has 1 saturated heterocycles. The van der Waals surface area contributed by atoms with Crippen molar-refractivity contribution in [2.45, 2.75) is 75.8 Å². The van der Waals surface area contributed by atoms with Crippen LogP contribution < -0.4 is 5.32 Å². The molecular formula is C37H43N7O4S2. The molecule has 1 N–H and O–H groups in total. The van der Waals surface area contributed by atoms with Crippen molar-refractivity contribution in [2.75, 3.05) is 38.4 Å². The zero-order valence-electron chi connectivity index (χ0n) is 29.0. The van der Waals surface area contributed by atoms with Gasteiger partial charge in [-0.05, 0) is 93.6 Å². The average molecular weight is 714 g/mol. The number of hydrogen-bond donors (Lipinski definition) is 1. The van der Waals surface area contributed by atoms with Crippen molar-refractivity contribution in [3.63, 3.8) is 0 Å². The number of rotatable bonds is 10. The SMILES string of the molecule is CC(C)[C@@H]1CS(=O)(=O)c2c1nc(CCC1CCOCC1)c(-c1nnc(CN(C)C)o1)c2-c1cc2ccnc(N[C@H]3CCc4ncccc43)c2s1. The lowest BCUT2D eigenvalue weighted by molar-refractivity contribution is 0.0639. The molecule has 2 aliphatic heterocycles. The van der Waals surface area contributed by atoms with Crippen molar-refractivity contribution >= 4 is 37.1 Å². The first-order valence-electron chi connectivity index (χ1n) is 17.6. The second-order valence-corrected chi connectivity index (χ2v) is 17.5. The third-order valence-corrected chi connectivity index (χ3v) is 13.4. The summed E-state index contributed by atoms with van der Waals surface area (Å²) >= 11 is 1.55. The number of hydrogen-bond acceptors (Lipinski definition) is 12. The number of aromatic nitrogens is 5. The Bertz CT molecular complexity index is 2150. The standard InChI is InChI=1S/C37H43N7O4S2/c1-21(2)25-20-50(45,46)35-32(29-18-23-11-15-39-36(34(23)49-29)41-27-10-9-26-24(27)6-5-14-38-26)31(37-43-42-30(48-37)19-44(3)4)28(40-33(25)35)8-7-22-12-16-47-17-13-22/h5-6,11,14-15,18,21-22,25,27H,7-10,12-13,16-17,19-20H2,1-4H3,(H,39,41)/t25-,27-/m0/s1. The van der Waals surface area contributed by atoms with Gasteiger partial charge < -0.3 is 19.4 Å². The minimum absolute atomic E-state index is 0.0347. The van der Waals surface area contributed by atoms with E-state index in [4.69, 9.17) is 19.1 Å². The molecule has 262 valence electrons. The van der Waals surface area contributed by atoms with Gasteiger partial charge in [0.15, 0.2) is 9.84 Å². The van der Waals surface area contributed by atoms with Crippen LogP contribution in [0.15, 0.2) is 46.0 Å². The molecule has 0 unspecified atom stereocenters. The van der Waals surface area contributed by atoms with E-state index in [0.29, 0.717) is 52.4 Å². The molecule has 0 aromatic carbocycles. The fraction of sp³-hybridized carbons (Fsp3) is 0.486. The summed E-state index contributed by atoms with van der Waals surface area (Å²) in [6, 6.07) is 8.29. The molecule has 7 heterocycles. The summed E-state index contributed by atoms with van der Waals surface area (Å²) in [5.74, 6) is 1.98. The zero-order valence-corrected chi connectivity index (χ0v) is 30.6. The molecule has 50 heavy (non-hydrogen) atoms. The van der Waals surface area contributed by atoms with E-state index in [0.717, 1.165) is 77.5 Å². The van der Waals surface area contributed by atoms with Crippen LogP contribution in [-0.4, -0.2) is 71.5 Å². The molecule has 0 radical (unpaired) electrons. The van der Waals surface area contributed by atoms with E-state index in [1.54, 1.807) is 11.3 Å². The van der Waals surface area contributed by atoms with Gasteiger partial charge >= 0.3 is 0 Å². The van der Waals surface area contributed by atoms with Gasteiger partial charge in [0.1, 0.15) is 5.82 Å². The van der Waals surface area contributed by atoms with Crippen LogP contribution in [0, 0.1) is 11.8 Å². The number of sulfone groups is 1. The Morgan fingerprint density at radius 2 is 1.90 bits per heavy atom. The minimum Gasteiger partial charge on any atom is -0.419 e. The molecular weight excluding hydrogens is 671 g/mol. The van der Waals surface area contributed by atoms with E-state index in [9.17, 15) is 8.42 Å². The van der Waals surface area contributed by atoms with Crippen molar-refractivity contribution in [2.24, 2.45) is 11.8 Å². The van der Waals surface area contributed by atoms with Crippen LogP contribution in [-0.2, 0) is 34.0 Å².